The van der Waals surface area contributed by atoms with E-state index in [4.69, 9.17) is 0 Å². The van der Waals surface area contributed by atoms with Crippen LogP contribution >= 0.6 is 34.2 Å². The van der Waals surface area contributed by atoms with Crippen LogP contribution < -0.4 is 0 Å². The SMILES string of the molecule is In1c2cc(-c3cccc4c3sc3ccccc34)cc3c4ccccc4n4c5ccccc5c5ccc1c(c32)c54. The van der Waals surface area contributed by atoms with Crippen LogP contribution in [0.5, 0.6) is 0 Å². The number of benzene rings is 6. The number of aromatic nitrogens is 2. The first-order valence-corrected chi connectivity index (χ1v) is 15.3. The van der Waals surface area contributed by atoms with Crippen LogP contribution in [0.1, 0.15) is 0 Å². The molecule has 0 aliphatic heterocycles. The van der Waals surface area contributed by atoms with Crippen LogP contribution in [0.4, 0.5) is 0 Å². The van der Waals surface area contributed by atoms with Crippen LogP contribution in [-0.2, 0) is 0 Å². The summed E-state index contributed by atoms with van der Waals surface area (Å²) >= 11 is 4.41. The highest BCUT2D eigenvalue weighted by molar-refractivity contribution is 14.1. The average molecular weight is 639 g/mol. The number of halogens is 1. The molecule has 186 valence electrons. The molecule has 0 atom stereocenters. The van der Waals surface area contributed by atoms with E-state index < -0.39 is 0 Å². The summed E-state index contributed by atoms with van der Waals surface area (Å²) in [6, 6.07) is 42.8. The molecule has 0 fully saturated rings. The molecule has 0 bridgehead atoms. The quantitative estimate of drug-likeness (QED) is 0.158. The van der Waals surface area contributed by atoms with E-state index in [1.54, 1.807) is 0 Å². The topological polar surface area (TPSA) is 9.34 Å². The molecule has 0 unspecified atom stereocenters. The van der Waals surface area contributed by atoms with Crippen molar-refractivity contribution in [3.63, 3.8) is 0 Å². The van der Waals surface area contributed by atoms with E-state index in [1.807, 2.05) is 11.3 Å². The van der Waals surface area contributed by atoms with Gasteiger partial charge in [-0.25, -0.2) is 0 Å². The number of rotatable bonds is 1. The van der Waals surface area contributed by atoms with Gasteiger partial charge in [-0.3, -0.25) is 2.78 Å². The fraction of sp³-hybridized carbons (Fsp3) is 0. The third-order valence-corrected chi connectivity index (χ3v) is 11.0. The summed E-state index contributed by atoms with van der Waals surface area (Å²) in [7, 11) is 0. The second kappa shape index (κ2) is 7.53. The minimum Gasteiger partial charge on any atom is -0.308 e. The lowest BCUT2D eigenvalue weighted by atomic mass is 9.97. The molecule has 4 heteroatoms. The Morgan fingerprint density at radius 3 is 2.02 bits per heavy atom. The van der Waals surface area contributed by atoms with Gasteiger partial charge in [0, 0.05) is 47.1 Å². The molecule has 0 radical (unpaired) electrons. The van der Waals surface area contributed by atoms with Gasteiger partial charge in [0.15, 0.2) is 0 Å². The van der Waals surface area contributed by atoms with Crippen molar-refractivity contribution < 1.29 is 0 Å². The predicted octanol–water partition coefficient (Wildman–Crippen LogP) is 11.2. The van der Waals surface area contributed by atoms with E-state index in [0.717, 1.165) is 0 Å². The molecule has 0 saturated heterocycles. The smallest absolute Gasteiger partial charge is 0.0646 e. The Hall–Kier alpha value is -4.13. The number of nitrogens with zero attached hydrogens (tertiary/aromatic N) is 2. The molecule has 2 nitrogen and oxygen atoms in total. The van der Waals surface area contributed by atoms with Gasteiger partial charge in [-0.1, -0.05) is 78.9 Å². The van der Waals surface area contributed by atoms with Crippen molar-refractivity contribution in [3.05, 3.63) is 115 Å². The lowest BCUT2D eigenvalue weighted by Crippen LogP contribution is -1.86. The van der Waals surface area contributed by atoms with Gasteiger partial charge in [0.25, 0.3) is 0 Å². The Kier molecular flexibility index (Phi) is 4.08. The lowest BCUT2D eigenvalue weighted by molar-refractivity contribution is 1.36. The highest BCUT2D eigenvalue weighted by Crippen LogP contribution is 2.47. The molecule has 0 amide bonds. The summed E-state index contributed by atoms with van der Waals surface area (Å²) in [6.07, 6.45) is 0. The number of hydrogen-bond donors (Lipinski definition) is 0. The van der Waals surface area contributed by atoms with Crippen molar-refractivity contribution in [3.8, 4) is 11.1 Å². The van der Waals surface area contributed by atoms with Crippen molar-refractivity contribution >= 4 is 114 Å². The summed E-state index contributed by atoms with van der Waals surface area (Å²) < 4.78 is 7.57. The molecular weight excluding hydrogens is 619 g/mol. The van der Waals surface area contributed by atoms with Gasteiger partial charge in [-0.15, -0.1) is 11.3 Å². The van der Waals surface area contributed by atoms with Gasteiger partial charge in [0.2, 0.25) is 0 Å². The molecule has 40 heavy (non-hydrogen) atoms. The summed E-state index contributed by atoms with van der Waals surface area (Å²) in [4.78, 5) is 0. The summed E-state index contributed by atoms with van der Waals surface area (Å²) in [5.41, 5.74) is 8.91. The predicted molar refractivity (Wildman–Crippen MR) is 182 cm³/mol. The van der Waals surface area contributed by atoms with Gasteiger partial charge >= 0.3 is 0 Å². The van der Waals surface area contributed by atoms with Crippen LogP contribution in [0.2, 0.25) is 0 Å². The average Bonchev–Trinajstić information content (AvgIpc) is 3.61. The first kappa shape index (κ1) is 21.7. The molecule has 0 aliphatic rings. The first-order valence-electron chi connectivity index (χ1n) is 13.5. The Morgan fingerprint density at radius 2 is 1.20 bits per heavy atom. The van der Waals surface area contributed by atoms with E-state index in [0.29, 0.717) is 0 Å². The molecule has 4 aromatic heterocycles. The normalized spacial score (nSPS) is 12.6. The Balaban J connectivity index is 1.47. The maximum absolute atomic E-state index is 2.51. The standard InChI is InChI=1S/C36H19IN2S/c37-39-30-17-16-25-22-8-1-4-13-28(22)38-29-14-5-2-9-23(29)27-18-20(19-31(39)33(27)34(30)35(25)38)21-11-7-12-26-24-10-3-6-15-32(24)40-36(21)26/h1-19H. The number of thiophene rings is 1. The number of fused-ring (bicyclic) bond motifs is 9. The maximum Gasteiger partial charge on any atom is 0.0646 e. The van der Waals surface area contributed by atoms with Crippen LogP contribution in [0.3, 0.4) is 0 Å². The Morgan fingerprint density at radius 1 is 0.500 bits per heavy atom. The van der Waals surface area contributed by atoms with E-state index in [9.17, 15) is 0 Å². The van der Waals surface area contributed by atoms with Crippen LogP contribution in [0.25, 0.3) is 91.2 Å². The molecule has 10 aromatic rings. The number of para-hydroxylation sites is 2. The van der Waals surface area contributed by atoms with Gasteiger partial charge in [0.1, 0.15) is 0 Å². The van der Waals surface area contributed by atoms with E-state index >= 15 is 0 Å². The van der Waals surface area contributed by atoms with Gasteiger partial charge < -0.3 is 4.40 Å². The fourth-order valence-electron chi connectivity index (χ4n) is 7.12. The summed E-state index contributed by atoms with van der Waals surface area (Å²) in [5, 5.41) is 10.6. The van der Waals surface area contributed by atoms with Gasteiger partial charge in [-0.05, 0) is 52.9 Å². The highest BCUT2D eigenvalue weighted by Gasteiger charge is 2.23. The zero-order valence-electron chi connectivity index (χ0n) is 21.2. The Labute approximate surface area is 246 Å². The number of hydrogen-bond acceptors (Lipinski definition) is 1. The highest BCUT2D eigenvalue weighted by atomic mass is 127. The molecule has 0 saturated carbocycles. The molecule has 4 heterocycles. The maximum atomic E-state index is 2.51. The zero-order chi connectivity index (χ0) is 26.1. The van der Waals surface area contributed by atoms with Crippen molar-refractivity contribution in [1.82, 2.24) is 7.18 Å². The van der Waals surface area contributed by atoms with Crippen LogP contribution in [-0.4, -0.2) is 7.18 Å². The lowest BCUT2D eigenvalue weighted by Gasteiger charge is -2.08. The molecule has 10 rings (SSSR count). The van der Waals surface area contributed by atoms with E-state index in [-0.39, 0.29) is 0 Å². The van der Waals surface area contributed by atoms with E-state index in [1.165, 1.54) is 91.2 Å². The molecule has 0 aliphatic carbocycles. The monoisotopic (exact) mass is 638 g/mol. The molecule has 0 N–H and O–H groups in total. The van der Waals surface area contributed by atoms with E-state index in [2.05, 4.69) is 145 Å². The minimum absolute atomic E-state index is 1.25. The largest absolute Gasteiger partial charge is 0.308 e. The molecule has 6 aromatic carbocycles. The van der Waals surface area contributed by atoms with Crippen molar-refractivity contribution in [2.24, 2.45) is 0 Å². The van der Waals surface area contributed by atoms with Crippen molar-refractivity contribution in [2.75, 3.05) is 0 Å². The third kappa shape index (κ3) is 2.55. The second-order valence-corrected chi connectivity index (χ2v) is 12.7. The summed E-state index contributed by atoms with van der Waals surface area (Å²) in [6.45, 7) is 0. The molecule has 0 spiro atoms. The first-order chi connectivity index (χ1) is 19.8. The fourth-order valence-corrected chi connectivity index (χ4v) is 9.14. The van der Waals surface area contributed by atoms with Crippen LogP contribution in [0.15, 0.2) is 115 Å². The van der Waals surface area contributed by atoms with Gasteiger partial charge in [0.05, 0.1) is 50.4 Å². The minimum atomic E-state index is 1.25. The summed E-state index contributed by atoms with van der Waals surface area (Å²) in [5.74, 6) is 0. The molecular formula is C36H19IN2S. The van der Waals surface area contributed by atoms with Crippen LogP contribution in [0, 0.1) is 0 Å². The third-order valence-electron chi connectivity index (χ3n) is 8.76. The van der Waals surface area contributed by atoms with Crippen molar-refractivity contribution in [2.45, 2.75) is 0 Å². The Bertz CT molecular complexity index is 2670. The van der Waals surface area contributed by atoms with Gasteiger partial charge in [-0.2, -0.15) is 0 Å². The van der Waals surface area contributed by atoms with Crippen molar-refractivity contribution in [1.29, 1.82) is 0 Å². The zero-order valence-corrected chi connectivity index (χ0v) is 24.1. The second-order valence-electron chi connectivity index (χ2n) is 10.7.